The highest BCUT2D eigenvalue weighted by Crippen LogP contribution is 2.22. The summed E-state index contributed by atoms with van der Waals surface area (Å²) < 4.78 is 1.16. The first kappa shape index (κ1) is 10.0. The molecule has 0 saturated carbocycles. The molecule has 2 rings (SSSR count). The lowest BCUT2D eigenvalue weighted by Gasteiger charge is -1.97. The zero-order chi connectivity index (χ0) is 7.68. The summed E-state index contributed by atoms with van der Waals surface area (Å²) in [7, 11) is 0. The summed E-state index contributed by atoms with van der Waals surface area (Å²) >= 11 is 3.50. The van der Waals surface area contributed by atoms with E-state index in [0.717, 1.165) is 4.47 Å². The van der Waals surface area contributed by atoms with Crippen LogP contribution < -0.4 is 0 Å². The number of hydrogen-bond donors (Lipinski definition) is 0. The van der Waals surface area contributed by atoms with E-state index < -0.39 is 0 Å². The van der Waals surface area contributed by atoms with Crippen LogP contribution in [0.25, 0.3) is 10.8 Å². The minimum atomic E-state index is 0. The number of benzene rings is 2. The summed E-state index contributed by atoms with van der Waals surface area (Å²) in [4.78, 5) is 0. The Hall–Kier alpha value is -0.0538. The molecule has 0 bridgehead atoms. The molecule has 0 saturated heterocycles. The fraction of sp³-hybridized carbons (Fsp3) is 0. The molecule has 12 heavy (non-hydrogen) atoms. The maximum Gasteiger partial charge on any atom is 0.0253 e. The Morgan fingerprint density at radius 3 is 2.25 bits per heavy atom. The van der Waals surface area contributed by atoms with E-state index in [-0.39, 0.29) is 23.1 Å². The minimum absolute atomic E-state index is 0. The fourth-order valence-electron chi connectivity index (χ4n) is 1.19. The maximum atomic E-state index is 3.50. The summed E-state index contributed by atoms with van der Waals surface area (Å²) in [6.45, 7) is 0. The van der Waals surface area contributed by atoms with Gasteiger partial charge in [-0.15, -0.1) is 0 Å². The third-order valence-corrected chi connectivity index (χ3v) is 2.43. The first-order valence-electron chi connectivity index (χ1n) is 3.51. The van der Waals surface area contributed by atoms with E-state index in [1.165, 1.54) is 10.8 Å². The number of halogens is 1. The van der Waals surface area contributed by atoms with E-state index in [1.54, 1.807) is 0 Å². The molecule has 0 aliphatic rings. The molecule has 0 aromatic heterocycles. The van der Waals surface area contributed by atoms with Gasteiger partial charge in [-0.25, -0.2) is 0 Å². The monoisotopic (exact) mass is 230 g/mol. The van der Waals surface area contributed by atoms with Crippen LogP contribution in [0.3, 0.4) is 0 Å². The topological polar surface area (TPSA) is 0 Å². The second kappa shape index (κ2) is 4.26. The molecule has 2 heteroatoms. The Bertz CT molecular complexity index is 379. The van der Waals surface area contributed by atoms with Crippen molar-refractivity contribution >= 4 is 49.8 Å². The van der Waals surface area contributed by atoms with Crippen LogP contribution in [0.5, 0.6) is 0 Å². The first-order valence-corrected chi connectivity index (χ1v) is 4.30. The molecule has 0 heterocycles. The van der Waals surface area contributed by atoms with Crippen LogP contribution >= 0.6 is 15.9 Å². The van der Waals surface area contributed by atoms with Crippen molar-refractivity contribution in [2.24, 2.45) is 0 Å². The first-order chi connectivity index (χ1) is 5.38. The van der Waals surface area contributed by atoms with Crippen molar-refractivity contribution < 1.29 is 0 Å². The molecule has 0 amide bonds. The van der Waals surface area contributed by atoms with Gasteiger partial charge in [-0.3, -0.25) is 0 Å². The van der Waals surface area contributed by atoms with Gasteiger partial charge in [0.05, 0.1) is 0 Å². The maximum absolute atomic E-state index is 3.50. The molecule has 0 aliphatic carbocycles. The van der Waals surface area contributed by atoms with E-state index in [1.807, 2.05) is 12.1 Å². The van der Waals surface area contributed by atoms with Crippen molar-refractivity contribution in [3.8, 4) is 0 Å². The van der Waals surface area contributed by atoms with Crippen LogP contribution in [0.4, 0.5) is 0 Å². The molecule has 0 aliphatic heterocycles. The standard InChI is InChI=1S/C10H7Br.Mg/c11-10-7-3-5-8-4-1-2-6-9(8)10;/h1-7H;. The number of fused-ring (bicyclic) bond motifs is 1. The van der Waals surface area contributed by atoms with Gasteiger partial charge in [-0.05, 0) is 16.8 Å². The summed E-state index contributed by atoms with van der Waals surface area (Å²) in [5.41, 5.74) is 0. The van der Waals surface area contributed by atoms with Crippen molar-refractivity contribution in [3.63, 3.8) is 0 Å². The molecule has 0 nitrogen and oxygen atoms in total. The molecule has 0 unspecified atom stereocenters. The van der Waals surface area contributed by atoms with Gasteiger partial charge in [-0.2, -0.15) is 0 Å². The molecular weight excluding hydrogens is 224 g/mol. The minimum Gasteiger partial charge on any atom is -0.0616 e. The lowest BCUT2D eigenvalue weighted by atomic mass is 10.1. The fourth-order valence-corrected chi connectivity index (χ4v) is 1.70. The Kier molecular flexibility index (Phi) is 3.56. The quantitative estimate of drug-likeness (QED) is 0.611. The Morgan fingerprint density at radius 2 is 1.50 bits per heavy atom. The van der Waals surface area contributed by atoms with Crippen LogP contribution in [0.1, 0.15) is 0 Å². The predicted molar refractivity (Wildman–Crippen MR) is 57.4 cm³/mol. The van der Waals surface area contributed by atoms with Gasteiger partial charge in [0.1, 0.15) is 0 Å². The smallest absolute Gasteiger partial charge is 0.0253 e. The van der Waals surface area contributed by atoms with E-state index in [4.69, 9.17) is 0 Å². The van der Waals surface area contributed by atoms with Crippen LogP contribution in [-0.2, 0) is 0 Å². The summed E-state index contributed by atoms with van der Waals surface area (Å²) in [5, 5.41) is 2.55. The Balaban J connectivity index is 0.000000720. The number of hydrogen-bond acceptors (Lipinski definition) is 0. The van der Waals surface area contributed by atoms with Crippen LogP contribution in [0, 0.1) is 0 Å². The highest BCUT2D eigenvalue weighted by atomic mass is 79.9. The van der Waals surface area contributed by atoms with Gasteiger partial charge >= 0.3 is 0 Å². The lowest BCUT2D eigenvalue weighted by Crippen LogP contribution is -1.71. The zero-order valence-electron chi connectivity index (χ0n) is 6.63. The Labute approximate surface area is 96.3 Å². The summed E-state index contributed by atoms with van der Waals surface area (Å²) in [5.74, 6) is 0. The van der Waals surface area contributed by atoms with Crippen molar-refractivity contribution in [2.45, 2.75) is 0 Å². The largest absolute Gasteiger partial charge is 0.0616 e. The molecule has 2 aromatic rings. The molecule has 0 spiro atoms. The van der Waals surface area contributed by atoms with Gasteiger partial charge in [0, 0.05) is 27.5 Å². The van der Waals surface area contributed by atoms with Crippen molar-refractivity contribution in [3.05, 3.63) is 46.9 Å². The van der Waals surface area contributed by atoms with Crippen molar-refractivity contribution in [2.75, 3.05) is 0 Å². The van der Waals surface area contributed by atoms with E-state index in [0.29, 0.717) is 0 Å². The lowest BCUT2D eigenvalue weighted by molar-refractivity contribution is 1.71. The molecule has 0 atom stereocenters. The molecule has 2 radical (unpaired) electrons. The summed E-state index contributed by atoms with van der Waals surface area (Å²) in [6.07, 6.45) is 0. The second-order valence-corrected chi connectivity index (χ2v) is 3.32. The van der Waals surface area contributed by atoms with Gasteiger partial charge in [0.2, 0.25) is 0 Å². The predicted octanol–water partition coefficient (Wildman–Crippen LogP) is 3.22. The average Bonchev–Trinajstić information content (AvgIpc) is 2.06. The van der Waals surface area contributed by atoms with E-state index in [9.17, 15) is 0 Å². The second-order valence-electron chi connectivity index (χ2n) is 2.46. The molecular formula is C10H7BrMg. The molecule has 0 fully saturated rings. The summed E-state index contributed by atoms with van der Waals surface area (Å²) in [6, 6.07) is 14.5. The number of rotatable bonds is 0. The van der Waals surface area contributed by atoms with Gasteiger partial charge < -0.3 is 0 Å². The van der Waals surface area contributed by atoms with Crippen molar-refractivity contribution in [1.82, 2.24) is 0 Å². The zero-order valence-corrected chi connectivity index (χ0v) is 9.63. The van der Waals surface area contributed by atoms with Crippen LogP contribution in [0.2, 0.25) is 0 Å². The van der Waals surface area contributed by atoms with E-state index in [2.05, 4.69) is 46.3 Å². The van der Waals surface area contributed by atoms with Gasteiger partial charge in [-0.1, -0.05) is 52.3 Å². The van der Waals surface area contributed by atoms with Crippen LogP contribution in [0.15, 0.2) is 46.9 Å². The van der Waals surface area contributed by atoms with Crippen molar-refractivity contribution in [1.29, 1.82) is 0 Å². The highest BCUT2D eigenvalue weighted by molar-refractivity contribution is 9.10. The molecule has 2 aromatic carbocycles. The normalized spacial score (nSPS) is 9.42. The van der Waals surface area contributed by atoms with Gasteiger partial charge in [0.25, 0.3) is 0 Å². The SMILES string of the molecule is Brc1cccc2ccccc12.[Mg]. The Morgan fingerprint density at radius 1 is 0.833 bits per heavy atom. The molecule has 0 N–H and O–H groups in total. The van der Waals surface area contributed by atoms with Crippen LogP contribution in [-0.4, -0.2) is 23.1 Å². The average molecular weight is 231 g/mol. The molecule has 56 valence electrons. The third kappa shape index (κ3) is 1.81. The van der Waals surface area contributed by atoms with Gasteiger partial charge in [0.15, 0.2) is 0 Å². The van der Waals surface area contributed by atoms with E-state index >= 15 is 0 Å². The third-order valence-electron chi connectivity index (χ3n) is 1.74. The highest BCUT2D eigenvalue weighted by Gasteiger charge is 1.93.